The average molecular weight is 277 g/mol. The van der Waals surface area contributed by atoms with Gasteiger partial charge in [-0.1, -0.05) is 30.3 Å². The molecule has 0 aliphatic carbocycles. The molecule has 21 heavy (non-hydrogen) atoms. The molecule has 1 heterocycles. The lowest BCUT2D eigenvalue weighted by Gasteiger charge is -2.04. The van der Waals surface area contributed by atoms with Gasteiger partial charge in [-0.05, 0) is 36.8 Å². The van der Waals surface area contributed by atoms with E-state index >= 15 is 0 Å². The largest absolute Gasteiger partial charge is 0.322 e. The number of para-hydroxylation sites is 1. The van der Waals surface area contributed by atoms with Crippen LogP contribution < -0.4 is 5.32 Å². The van der Waals surface area contributed by atoms with Gasteiger partial charge >= 0.3 is 0 Å². The summed E-state index contributed by atoms with van der Waals surface area (Å²) in [4.78, 5) is 12.2. The molecule has 0 aliphatic heterocycles. The van der Waals surface area contributed by atoms with Crippen LogP contribution in [0.25, 0.3) is 5.69 Å². The fourth-order valence-electron chi connectivity index (χ4n) is 2.09. The molecule has 1 amide bonds. The van der Waals surface area contributed by atoms with Crippen LogP contribution in [0.1, 0.15) is 15.9 Å². The number of hydrogen-bond acceptors (Lipinski definition) is 2. The first kappa shape index (κ1) is 13.1. The minimum atomic E-state index is -0.164. The van der Waals surface area contributed by atoms with Crippen molar-refractivity contribution in [2.45, 2.75) is 6.92 Å². The zero-order valence-electron chi connectivity index (χ0n) is 11.7. The molecule has 3 aromatic rings. The molecular formula is C17H15N3O. The molecule has 0 spiro atoms. The van der Waals surface area contributed by atoms with Crippen molar-refractivity contribution in [3.63, 3.8) is 0 Å². The standard InChI is InChI=1S/C17H15N3O/c1-13-6-5-7-15(10-13)19-17(21)14-11-18-20(12-14)16-8-3-2-4-9-16/h2-12H,1H3,(H,19,21). The third-order valence-corrected chi connectivity index (χ3v) is 3.14. The number of anilines is 1. The van der Waals surface area contributed by atoms with Gasteiger partial charge in [-0.3, -0.25) is 4.79 Å². The molecule has 0 aliphatic rings. The molecule has 1 aromatic heterocycles. The summed E-state index contributed by atoms with van der Waals surface area (Å²) in [6.45, 7) is 1.99. The Labute approximate surface area is 123 Å². The fraction of sp³-hybridized carbons (Fsp3) is 0.0588. The number of carbonyl (C=O) groups is 1. The zero-order valence-corrected chi connectivity index (χ0v) is 11.7. The molecule has 0 saturated carbocycles. The molecule has 2 aromatic carbocycles. The minimum absolute atomic E-state index is 0.164. The average Bonchev–Trinajstić information content (AvgIpc) is 2.98. The number of amides is 1. The summed E-state index contributed by atoms with van der Waals surface area (Å²) < 4.78 is 1.69. The van der Waals surface area contributed by atoms with Crippen molar-refractivity contribution in [3.8, 4) is 5.69 Å². The van der Waals surface area contributed by atoms with Crippen LogP contribution in [0.5, 0.6) is 0 Å². The van der Waals surface area contributed by atoms with Gasteiger partial charge in [0, 0.05) is 11.9 Å². The molecule has 4 heteroatoms. The molecule has 4 nitrogen and oxygen atoms in total. The van der Waals surface area contributed by atoms with Crippen LogP contribution in [-0.4, -0.2) is 15.7 Å². The lowest BCUT2D eigenvalue weighted by Crippen LogP contribution is -2.11. The van der Waals surface area contributed by atoms with Crippen LogP contribution in [0.15, 0.2) is 67.0 Å². The number of aromatic nitrogens is 2. The number of aryl methyl sites for hydroxylation is 1. The second kappa shape index (κ2) is 5.63. The smallest absolute Gasteiger partial charge is 0.258 e. The molecule has 0 radical (unpaired) electrons. The Kier molecular flexibility index (Phi) is 3.51. The maximum Gasteiger partial charge on any atom is 0.258 e. The van der Waals surface area contributed by atoms with Gasteiger partial charge in [0.05, 0.1) is 17.4 Å². The quantitative estimate of drug-likeness (QED) is 0.797. The summed E-state index contributed by atoms with van der Waals surface area (Å²) in [5.74, 6) is -0.164. The molecule has 3 rings (SSSR count). The summed E-state index contributed by atoms with van der Waals surface area (Å²) >= 11 is 0. The third kappa shape index (κ3) is 3.00. The fourth-order valence-corrected chi connectivity index (χ4v) is 2.09. The van der Waals surface area contributed by atoms with Crippen LogP contribution in [0.3, 0.4) is 0 Å². The topological polar surface area (TPSA) is 46.9 Å². The highest BCUT2D eigenvalue weighted by Gasteiger charge is 2.09. The van der Waals surface area contributed by atoms with Gasteiger partial charge in [-0.2, -0.15) is 5.10 Å². The second-order valence-corrected chi connectivity index (χ2v) is 4.83. The zero-order chi connectivity index (χ0) is 14.7. The molecule has 1 N–H and O–H groups in total. The van der Waals surface area contributed by atoms with Crippen LogP contribution >= 0.6 is 0 Å². The first-order valence-corrected chi connectivity index (χ1v) is 6.70. The summed E-state index contributed by atoms with van der Waals surface area (Å²) in [5.41, 5.74) is 3.34. The van der Waals surface area contributed by atoms with Crippen molar-refractivity contribution < 1.29 is 4.79 Å². The van der Waals surface area contributed by atoms with E-state index in [4.69, 9.17) is 0 Å². The van der Waals surface area contributed by atoms with Crippen molar-refractivity contribution in [2.75, 3.05) is 5.32 Å². The highest BCUT2D eigenvalue weighted by molar-refractivity contribution is 6.04. The molecule has 0 saturated heterocycles. The van der Waals surface area contributed by atoms with E-state index in [1.807, 2.05) is 61.5 Å². The van der Waals surface area contributed by atoms with E-state index in [1.54, 1.807) is 17.1 Å². The predicted octanol–water partition coefficient (Wildman–Crippen LogP) is 3.43. The van der Waals surface area contributed by atoms with E-state index in [1.165, 1.54) is 0 Å². The van der Waals surface area contributed by atoms with Gasteiger partial charge in [-0.15, -0.1) is 0 Å². The summed E-state index contributed by atoms with van der Waals surface area (Å²) in [5, 5.41) is 7.09. The van der Waals surface area contributed by atoms with Crippen LogP contribution in [0.2, 0.25) is 0 Å². The summed E-state index contributed by atoms with van der Waals surface area (Å²) in [6, 6.07) is 17.4. The number of benzene rings is 2. The number of nitrogens with one attached hydrogen (secondary N) is 1. The van der Waals surface area contributed by atoms with Crippen molar-refractivity contribution in [1.29, 1.82) is 0 Å². The number of nitrogens with zero attached hydrogens (tertiary/aromatic N) is 2. The van der Waals surface area contributed by atoms with E-state index in [0.29, 0.717) is 5.56 Å². The van der Waals surface area contributed by atoms with Gasteiger partial charge in [0.25, 0.3) is 5.91 Å². The van der Waals surface area contributed by atoms with Crippen molar-refractivity contribution in [1.82, 2.24) is 9.78 Å². The van der Waals surface area contributed by atoms with Crippen LogP contribution in [0.4, 0.5) is 5.69 Å². The lowest BCUT2D eigenvalue weighted by molar-refractivity contribution is 0.102. The van der Waals surface area contributed by atoms with E-state index < -0.39 is 0 Å². The van der Waals surface area contributed by atoms with E-state index in [2.05, 4.69) is 10.4 Å². The summed E-state index contributed by atoms with van der Waals surface area (Å²) in [6.07, 6.45) is 3.29. The predicted molar refractivity (Wildman–Crippen MR) is 82.7 cm³/mol. The Morgan fingerprint density at radius 3 is 2.67 bits per heavy atom. The Bertz CT molecular complexity index is 762. The monoisotopic (exact) mass is 277 g/mol. The normalized spacial score (nSPS) is 10.3. The second-order valence-electron chi connectivity index (χ2n) is 4.83. The molecule has 0 unspecified atom stereocenters. The van der Waals surface area contributed by atoms with Gasteiger partial charge in [0.15, 0.2) is 0 Å². The molecular weight excluding hydrogens is 262 g/mol. The SMILES string of the molecule is Cc1cccc(NC(=O)c2cnn(-c3ccccc3)c2)c1. The van der Waals surface area contributed by atoms with Crippen molar-refractivity contribution >= 4 is 11.6 Å². The number of hydrogen-bond donors (Lipinski definition) is 1. The van der Waals surface area contributed by atoms with Gasteiger partial charge in [-0.25, -0.2) is 4.68 Å². The maximum absolute atomic E-state index is 12.2. The van der Waals surface area contributed by atoms with Gasteiger partial charge < -0.3 is 5.32 Å². The minimum Gasteiger partial charge on any atom is -0.322 e. The molecule has 104 valence electrons. The Morgan fingerprint density at radius 2 is 1.90 bits per heavy atom. The Balaban J connectivity index is 1.78. The lowest BCUT2D eigenvalue weighted by atomic mass is 10.2. The van der Waals surface area contributed by atoms with E-state index in [-0.39, 0.29) is 5.91 Å². The van der Waals surface area contributed by atoms with Gasteiger partial charge in [0.1, 0.15) is 0 Å². The maximum atomic E-state index is 12.2. The molecule has 0 bridgehead atoms. The highest BCUT2D eigenvalue weighted by Crippen LogP contribution is 2.12. The van der Waals surface area contributed by atoms with Crippen LogP contribution in [0, 0.1) is 6.92 Å². The molecule has 0 atom stereocenters. The molecule has 0 fully saturated rings. The third-order valence-electron chi connectivity index (χ3n) is 3.14. The number of rotatable bonds is 3. The van der Waals surface area contributed by atoms with Gasteiger partial charge in [0.2, 0.25) is 0 Å². The van der Waals surface area contributed by atoms with E-state index in [9.17, 15) is 4.79 Å². The Hall–Kier alpha value is -2.88. The first-order valence-electron chi connectivity index (χ1n) is 6.70. The van der Waals surface area contributed by atoms with E-state index in [0.717, 1.165) is 16.9 Å². The number of carbonyl (C=O) groups excluding carboxylic acids is 1. The van der Waals surface area contributed by atoms with Crippen molar-refractivity contribution in [2.24, 2.45) is 0 Å². The van der Waals surface area contributed by atoms with Crippen molar-refractivity contribution in [3.05, 3.63) is 78.1 Å². The Morgan fingerprint density at radius 1 is 1.10 bits per heavy atom. The summed E-state index contributed by atoms with van der Waals surface area (Å²) in [7, 11) is 0. The highest BCUT2D eigenvalue weighted by atomic mass is 16.1. The first-order chi connectivity index (χ1) is 10.2. The van der Waals surface area contributed by atoms with Crippen LogP contribution in [-0.2, 0) is 0 Å².